The van der Waals surface area contributed by atoms with Crippen LogP contribution in [0.1, 0.15) is 33.4 Å². The minimum Gasteiger partial charge on any atom is -0.403 e. The summed E-state index contributed by atoms with van der Waals surface area (Å²) < 4.78 is 43.7. The van der Waals surface area contributed by atoms with Crippen LogP contribution in [0.15, 0.2) is 411 Å². The Morgan fingerprint density at radius 2 is 0.623 bits per heavy atom. The topological polar surface area (TPSA) is 391 Å². The van der Waals surface area contributed by atoms with Crippen LogP contribution in [-0.2, 0) is 0 Å². The zero-order valence-corrected chi connectivity index (χ0v) is 74.3. The largest absolute Gasteiger partial charge is 0.403 e. The van der Waals surface area contributed by atoms with E-state index in [0.29, 0.717) is 99.6 Å². The minimum atomic E-state index is -0.400. The summed E-state index contributed by atoms with van der Waals surface area (Å²) in [4.78, 5) is 134. The average Bonchev–Trinajstić information content (AvgIpc) is 0.950. The lowest BCUT2D eigenvalue weighted by Crippen LogP contribution is -2.06. The molecule has 0 atom stereocenters. The summed E-state index contributed by atoms with van der Waals surface area (Å²) >= 11 is 0. The third kappa shape index (κ3) is 18.7. The molecule has 672 valence electrons. The summed E-state index contributed by atoms with van der Waals surface area (Å²) in [5.41, 5.74) is 14.8. The van der Waals surface area contributed by atoms with E-state index in [1.54, 1.807) is 112 Å². The monoisotopic (exact) mass is 1820 g/mol. The summed E-state index contributed by atoms with van der Waals surface area (Å²) in [5, 5.41) is 3.10. The predicted molar refractivity (Wildman–Crippen MR) is 521 cm³/mol. The molecule has 0 aliphatic rings. The minimum absolute atomic E-state index is 0.229. The van der Waals surface area contributed by atoms with Crippen LogP contribution in [0.2, 0.25) is 0 Å². The van der Waals surface area contributed by atoms with E-state index in [4.69, 9.17) is 26.5 Å². The van der Waals surface area contributed by atoms with Gasteiger partial charge in [-0.2, -0.15) is 0 Å². The van der Waals surface area contributed by atoms with Crippen molar-refractivity contribution in [2.24, 2.45) is 0 Å². The Morgan fingerprint density at radius 3 is 1.07 bits per heavy atom. The molecule has 32 nitrogen and oxygen atoms in total. The van der Waals surface area contributed by atoms with Crippen molar-refractivity contribution in [3.63, 3.8) is 0 Å². The highest BCUT2D eigenvalue weighted by Crippen LogP contribution is 2.32. The number of imidazole rings is 4. The Balaban J connectivity index is 0.000000106. The van der Waals surface area contributed by atoms with E-state index in [0.717, 1.165) is 78.8 Å². The van der Waals surface area contributed by atoms with Gasteiger partial charge in [0.2, 0.25) is 35.3 Å². The molecule has 16 heterocycles. The molecule has 0 spiro atoms. The average molecular weight is 1820 g/mol. The SMILES string of the molecule is Cc1cccc2nc(-c3ccc(-n4cccc4)cn3)oc(=O)c12.Cc1cccc2nc(-c3ccc(-n4cccc4)nc3)oc(=O)c12.Cc1cccc2nc(-c3cccc(-n4ccnc4)c3)oc(=O)c12.Cc1cccc2nc(-c3ccccc3-n3ccnc3)oc(=O)c12.Cc1cccc2nc(-c3cncc(-n4ccnc4)c3)oc(=O)c12.Cc1cccc2nc(-c3cnccc3-n3ccnc3)oc(=O)c12. The van der Waals surface area contributed by atoms with E-state index in [9.17, 15) is 28.8 Å². The molecule has 138 heavy (non-hydrogen) atoms. The highest BCUT2D eigenvalue weighted by Gasteiger charge is 2.21. The van der Waals surface area contributed by atoms with Gasteiger partial charge in [0.25, 0.3) is 0 Å². The number of hydrogen-bond donors (Lipinski definition) is 0. The van der Waals surface area contributed by atoms with Gasteiger partial charge in [-0.3, -0.25) is 9.97 Å². The lowest BCUT2D eigenvalue weighted by Gasteiger charge is -2.09. The van der Waals surface area contributed by atoms with E-state index in [-0.39, 0.29) is 46.1 Å². The maximum atomic E-state index is 12.4. The fourth-order valence-corrected chi connectivity index (χ4v) is 15.5. The first kappa shape index (κ1) is 87.9. The van der Waals surface area contributed by atoms with Gasteiger partial charge in [0.05, 0.1) is 148 Å². The van der Waals surface area contributed by atoms with Crippen molar-refractivity contribution >= 4 is 65.4 Å². The first-order valence-corrected chi connectivity index (χ1v) is 43.0. The second-order valence-electron chi connectivity index (χ2n) is 31.4. The summed E-state index contributed by atoms with van der Waals surface area (Å²) in [6.45, 7) is 11.2. The Labute approximate surface area is 780 Å². The van der Waals surface area contributed by atoms with Crippen molar-refractivity contribution in [3.05, 3.63) is 451 Å². The summed E-state index contributed by atoms with van der Waals surface area (Å²) in [5.74, 6) is 2.41. The molecule has 0 amide bonds. The van der Waals surface area contributed by atoms with Crippen LogP contribution in [0.4, 0.5) is 0 Å². The number of nitrogens with zero attached hydrogens (tertiary/aromatic N) is 20. The number of rotatable bonds is 12. The van der Waals surface area contributed by atoms with Crippen molar-refractivity contribution in [1.29, 1.82) is 0 Å². The molecule has 24 rings (SSSR count). The molecule has 0 unspecified atom stereocenters. The number of aryl methyl sites for hydroxylation is 6. The fourth-order valence-electron chi connectivity index (χ4n) is 15.5. The first-order chi connectivity index (χ1) is 67.4. The van der Waals surface area contributed by atoms with Crippen LogP contribution in [0.5, 0.6) is 0 Å². The van der Waals surface area contributed by atoms with Crippen molar-refractivity contribution < 1.29 is 26.5 Å². The highest BCUT2D eigenvalue weighted by molar-refractivity contribution is 5.87. The van der Waals surface area contributed by atoms with Gasteiger partial charge in [-0.1, -0.05) is 91.0 Å². The molecule has 0 radical (unpaired) electrons. The van der Waals surface area contributed by atoms with Crippen molar-refractivity contribution in [2.45, 2.75) is 41.5 Å². The van der Waals surface area contributed by atoms with E-state index in [2.05, 4.69) is 69.8 Å². The van der Waals surface area contributed by atoms with Gasteiger partial charge in [0, 0.05) is 110 Å². The summed E-state index contributed by atoms with van der Waals surface area (Å²) in [7, 11) is 0. The van der Waals surface area contributed by atoms with Gasteiger partial charge in [0.15, 0.2) is 0 Å². The Kier molecular flexibility index (Phi) is 24.8. The van der Waals surface area contributed by atoms with E-state index in [1.807, 2.05) is 313 Å². The first-order valence-electron chi connectivity index (χ1n) is 43.0. The van der Waals surface area contributed by atoms with E-state index < -0.39 is 11.3 Å². The zero-order chi connectivity index (χ0) is 94.9. The van der Waals surface area contributed by atoms with Crippen LogP contribution in [0.25, 0.3) is 169 Å². The van der Waals surface area contributed by atoms with Gasteiger partial charge < -0.3 is 53.9 Å². The van der Waals surface area contributed by atoms with Crippen LogP contribution in [0.3, 0.4) is 0 Å². The molecule has 0 aliphatic heterocycles. The number of para-hydroxylation sites is 1. The Bertz CT molecular complexity index is 8430. The quantitative estimate of drug-likeness (QED) is 0.110. The summed E-state index contributed by atoms with van der Waals surface area (Å²) in [6.07, 6.45) is 38.5. The van der Waals surface area contributed by atoms with Crippen molar-refractivity contribution in [2.75, 3.05) is 0 Å². The van der Waals surface area contributed by atoms with Crippen molar-refractivity contribution in [1.82, 2.24) is 97.2 Å². The van der Waals surface area contributed by atoms with Crippen LogP contribution < -0.4 is 33.8 Å². The number of hydrogen-bond acceptors (Lipinski definition) is 26. The molecule has 16 aromatic heterocycles. The molecule has 0 aliphatic carbocycles. The zero-order valence-electron chi connectivity index (χ0n) is 74.3. The van der Waals surface area contributed by atoms with Gasteiger partial charge in [-0.05, 0) is 202 Å². The smallest absolute Gasteiger partial charge is 0.347 e. The second kappa shape index (κ2) is 39.0. The van der Waals surface area contributed by atoms with E-state index >= 15 is 0 Å². The highest BCUT2D eigenvalue weighted by atomic mass is 16.4. The van der Waals surface area contributed by atoms with Gasteiger partial charge in [0.1, 0.15) is 11.5 Å². The lowest BCUT2D eigenvalue weighted by atomic mass is 10.1. The number of pyridine rings is 4. The maximum absolute atomic E-state index is 12.4. The summed E-state index contributed by atoms with van der Waals surface area (Å²) in [6, 6.07) is 67.4. The molecule has 8 aromatic carbocycles. The molecule has 32 heteroatoms. The second-order valence-corrected chi connectivity index (χ2v) is 31.4. The Hall–Kier alpha value is -19.4. The molecular weight excluding hydrogens is 1750 g/mol. The molecule has 0 N–H and O–H groups in total. The number of fused-ring (bicyclic) bond motifs is 6. The van der Waals surface area contributed by atoms with Crippen LogP contribution >= 0.6 is 0 Å². The van der Waals surface area contributed by atoms with Gasteiger partial charge in [-0.15, -0.1) is 0 Å². The maximum Gasteiger partial charge on any atom is 0.347 e. The number of aromatic nitrogens is 20. The van der Waals surface area contributed by atoms with Crippen LogP contribution in [-0.4, -0.2) is 97.2 Å². The molecule has 24 aromatic rings. The molecule has 0 saturated carbocycles. The molecular formula is C106H76N20O12. The standard InChI is InChI=1S/4C18H13N3O2.2C17H12N4O2/c1-12-4-2-7-15-16(12)18(22)23-17(20-15)13-5-3-6-14(10-13)21-9-8-19-11-21;1-12-5-4-6-14-16(12)18(22)23-17(20-14)15-8-7-13(11-19-15)21-9-2-3-10-21;1-12-5-4-6-14-16(12)18(22)23-17(20-14)13-7-8-15(19-11-13)21-9-2-3-10-21;1-12-5-4-7-14-16(12)18(22)23-17(20-14)13-6-2-3-8-15(13)21-10-9-19-11-21;1-11-3-2-4-14-15(11)17(22)23-16(20-14)12-7-13(9-19-8-12)21-6-5-18-10-21;1-11-3-2-4-13-15(11)17(22)23-16(20-13)12-9-18-6-5-14(12)21-8-7-19-10-21/h4*2-11H,1H3;2*2-10H,1H3. The molecule has 0 bridgehead atoms. The fraction of sp³-hybridized carbons (Fsp3) is 0.0566. The van der Waals surface area contributed by atoms with Gasteiger partial charge in [-0.25, -0.2) is 88.6 Å². The third-order valence-corrected chi connectivity index (χ3v) is 22.3. The third-order valence-electron chi connectivity index (χ3n) is 22.3. The van der Waals surface area contributed by atoms with Gasteiger partial charge >= 0.3 is 33.8 Å². The molecule has 0 fully saturated rings. The lowest BCUT2D eigenvalue weighted by molar-refractivity contribution is 0.515. The normalized spacial score (nSPS) is 11.0. The van der Waals surface area contributed by atoms with E-state index in [1.165, 1.54) is 0 Å². The Morgan fingerprint density at radius 1 is 0.232 bits per heavy atom. The van der Waals surface area contributed by atoms with Crippen LogP contribution in [0, 0.1) is 41.5 Å². The molecule has 0 saturated heterocycles. The number of benzene rings is 8. The van der Waals surface area contributed by atoms with Crippen molar-refractivity contribution in [3.8, 4) is 103 Å². The predicted octanol–water partition coefficient (Wildman–Crippen LogP) is 18.9.